The van der Waals surface area contributed by atoms with Gasteiger partial charge in [0.05, 0.1) is 16.4 Å². The molecule has 0 aromatic heterocycles. The fraction of sp³-hybridized carbons (Fsp3) is 0.111. The number of benzene rings is 2. The Balaban J connectivity index is 1.81. The van der Waals surface area contributed by atoms with Crippen LogP contribution in [0.15, 0.2) is 53.4 Å². The van der Waals surface area contributed by atoms with E-state index in [9.17, 15) is 19.7 Å². The Morgan fingerprint density at radius 2 is 1.80 bits per heavy atom. The van der Waals surface area contributed by atoms with E-state index in [4.69, 9.17) is 0 Å². The highest BCUT2D eigenvalue weighted by Crippen LogP contribution is 2.33. The molecule has 0 bridgehead atoms. The summed E-state index contributed by atoms with van der Waals surface area (Å²) >= 11 is 0.877. The smallest absolute Gasteiger partial charge is 0.268 e. The number of hydrogen-bond acceptors (Lipinski definition) is 5. The quantitative estimate of drug-likeness (QED) is 0.468. The molecule has 126 valence electrons. The van der Waals surface area contributed by atoms with Crippen molar-refractivity contribution in [1.29, 1.82) is 0 Å². The number of aryl methyl sites for hydroxylation is 1. The summed E-state index contributed by atoms with van der Waals surface area (Å²) < 4.78 is 0. The first-order valence-corrected chi connectivity index (χ1v) is 8.31. The molecule has 25 heavy (non-hydrogen) atoms. The van der Waals surface area contributed by atoms with Crippen LogP contribution in [0.3, 0.4) is 0 Å². The predicted molar refractivity (Wildman–Crippen MR) is 95.8 cm³/mol. The van der Waals surface area contributed by atoms with Crippen LogP contribution in [0.5, 0.6) is 0 Å². The SMILES string of the molecule is Cc1ccccc1CN1C(=O)S/C(=C\c2ccc([N+](=O)[O-])cc2)C1=O. The minimum absolute atomic E-state index is 0.0233. The molecule has 3 rings (SSSR count). The summed E-state index contributed by atoms with van der Waals surface area (Å²) in [4.78, 5) is 36.4. The van der Waals surface area contributed by atoms with Gasteiger partial charge in [-0.3, -0.25) is 24.6 Å². The molecule has 1 aliphatic rings. The van der Waals surface area contributed by atoms with E-state index in [2.05, 4.69) is 0 Å². The molecular formula is C18H14N2O4S. The van der Waals surface area contributed by atoms with Crippen LogP contribution in [0, 0.1) is 17.0 Å². The molecule has 0 saturated carbocycles. The summed E-state index contributed by atoms with van der Waals surface area (Å²) in [5.74, 6) is -0.350. The fourth-order valence-electron chi connectivity index (χ4n) is 2.44. The summed E-state index contributed by atoms with van der Waals surface area (Å²) in [5.41, 5.74) is 2.54. The number of nitro benzene ring substituents is 1. The van der Waals surface area contributed by atoms with E-state index < -0.39 is 4.92 Å². The number of hydrogen-bond donors (Lipinski definition) is 0. The summed E-state index contributed by atoms with van der Waals surface area (Å²) in [6.07, 6.45) is 1.58. The van der Waals surface area contributed by atoms with Gasteiger partial charge in [-0.15, -0.1) is 0 Å². The summed E-state index contributed by atoms with van der Waals surface area (Å²) in [5, 5.41) is 10.4. The number of amides is 2. The monoisotopic (exact) mass is 354 g/mol. The van der Waals surface area contributed by atoms with Crippen molar-refractivity contribution in [3.63, 3.8) is 0 Å². The van der Waals surface area contributed by atoms with Gasteiger partial charge in [0, 0.05) is 12.1 Å². The van der Waals surface area contributed by atoms with Crippen molar-refractivity contribution in [2.75, 3.05) is 0 Å². The lowest BCUT2D eigenvalue weighted by atomic mass is 10.1. The molecule has 6 nitrogen and oxygen atoms in total. The summed E-state index contributed by atoms with van der Waals surface area (Å²) in [7, 11) is 0. The highest BCUT2D eigenvalue weighted by molar-refractivity contribution is 8.18. The van der Waals surface area contributed by atoms with Crippen molar-refractivity contribution >= 4 is 34.7 Å². The fourth-order valence-corrected chi connectivity index (χ4v) is 3.28. The highest BCUT2D eigenvalue weighted by atomic mass is 32.2. The maximum Gasteiger partial charge on any atom is 0.293 e. The van der Waals surface area contributed by atoms with E-state index in [1.165, 1.54) is 17.0 Å². The molecule has 1 aliphatic heterocycles. The van der Waals surface area contributed by atoms with E-state index in [1.807, 2.05) is 31.2 Å². The first kappa shape index (κ1) is 16.9. The minimum atomic E-state index is -0.486. The summed E-state index contributed by atoms with van der Waals surface area (Å²) in [6.45, 7) is 2.16. The van der Waals surface area contributed by atoms with Crippen molar-refractivity contribution in [2.45, 2.75) is 13.5 Å². The molecule has 0 unspecified atom stereocenters. The maximum absolute atomic E-state index is 12.5. The van der Waals surface area contributed by atoms with E-state index in [0.29, 0.717) is 10.5 Å². The normalized spacial score (nSPS) is 15.9. The van der Waals surface area contributed by atoms with Crippen LogP contribution in [0.2, 0.25) is 0 Å². The van der Waals surface area contributed by atoms with Gasteiger partial charge in [0.15, 0.2) is 0 Å². The van der Waals surface area contributed by atoms with Crippen molar-refractivity contribution < 1.29 is 14.5 Å². The molecule has 1 saturated heterocycles. The third-order valence-electron chi connectivity index (χ3n) is 3.86. The zero-order chi connectivity index (χ0) is 18.0. The van der Waals surface area contributed by atoms with E-state index in [1.54, 1.807) is 18.2 Å². The molecule has 1 fully saturated rings. The number of carbonyl (C=O) groups is 2. The third-order valence-corrected chi connectivity index (χ3v) is 4.77. The maximum atomic E-state index is 12.5. The zero-order valence-electron chi connectivity index (χ0n) is 13.3. The third kappa shape index (κ3) is 3.61. The van der Waals surface area contributed by atoms with Crippen LogP contribution in [0.25, 0.3) is 6.08 Å². The van der Waals surface area contributed by atoms with Crippen LogP contribution >= 0.6 is 11.8 Å². The van der Waals surface area contributed by atoms with Crippen molar-refractivity contribution in [3.05, 3.63) is 80.2 Å². The van der Waals surface area contributed by atoms with E-state index in [-0.39, 0.29) is 23.4 Å². The highest BCUT2D eigenvalue weighted by Gasteiger charge is 2.35. The second-order valence-corrected chi connectivity index (χ2v) is 6.54. The number of thioether (sulfide) groups is 1. The van der Waals surface area contributed by atoms with Crippen LogP contribution in [0.4, 0.5) is 10.5 Å². The minimum Gasteiger partial charge on any atom is -0.268 e. The van der Waals surface area contributed by atoms with Gasteiger partial charge in [0.1, 0.15) is 0 Å². The Labute approximate surface area is 148 Å². The number of carbonyl (C=O) groups excluding carboxylic acids is 2. The Bertz CT molecular complexity index is 890. The average Bonchev–Trinajstić information content (AvgIpc) is 2.85. The second-order valence-electron chi connectivity index (χ2n) is 5.54. The van der Waals surface area contributed by atoms with E-state index >= 15 is 0 Å². The van der Waals surface area contributed by atoms with Gasteiger partial charge in [0.2, 0.25) is 0 Å². The number of imide groups is 1. The Morgan fingerprint density at radius 1 is 1.12 bits per heavy atom. The van der Waals surface area contributed by atoms with Gasteiger partial charge in [-0.25, -0.2) is 0 Å². The van der Waals surface area contributed by atoms with Gasteiger partial charge in [-0.1, -0.05) is 24.3 Å². The van der Waals surface area contributed by atoms with Crippen molar-refractivity contribution in [2.24, 2.45) is 0 Å². The Morgan fingerprint density at radius 3 is 2.44 bits per heavy atom. The molecule has 0 spiro atoms. The standard InChI is InChI=1S/C18H14N2O4S/c1-12-4-2-3-5-14(12)11-19-17(21)16(25-18(19)22)10-13-6-8-15(9-7-13)20(23)24/h2-10H,11H2,1H3/b16-10-. The van der Waals surface area contributed by atoms with Gasteiger partial charge < -0.3 is 0 Å². The molecule has 1 heterocycles. The topological polar surface area (TPSA) is 80.5 Å². The second kappa shape index (κ2) is 6.90. The molecule has 2 amide bonds. The van der Waals surface area contributed by atoms with Gasteiger partial charge >= 0.3 is 0 Å². The molecular weight excluding hydrogens is 340 g/mol. The van der Waals surface area contributed by atoms with Crippen LogP contribution in [0.1, 0.15) is 16.7 Å². The molecule has 0 radical (unpaired) electrons. The van der Waals surface area contributed by atoms with Crippen LogP contribution in [-0.4, -0.2) is 21.0 Å². The molecule has 2 aromatic rings. The van der Waals surface area contributed by atoms with Gasteiger partial charge in [-0.2, -0.15) is 0 Å². The number of non-ortho nitro benzene ring substituents is 1. The van der Waals surface area contributed by atoms with Crippen molar-refractivity contribution in [3.8, 4) is 0 Å². The number of nitrogens with zero attached hydrogens (tertiary/aromatic N) is 2. The number of rotatable bonds is 4. The summed E-state index contributed by atoms with van der Waals surface area (Å²) in [6, 6.07) is 13.4. The van der Waals surface area contributed by atoms with Crippen LogP contribution in [-0.2, 0) is 11.3 Å². The lowest BCUT2D eigenvalue weighted by molar-refractivity contribution is -0.384. The predicted octanol–water partition coefficient (Wildman–Crippen LogP) is 4.14. The molecule has 0 aliphatic carbocycles. The molecule has 0 atom stereocenters. The zero-order valence-corrected chi connectivity index (χ0v) is 14.2. The van der Waals surface area contributed by atoms with Gasteiger partial charge in [-0.05, 0) is 53.6 Å². The Hall–Kier alpha value is -2.93. The molecule has 2 aromatic carbocycles. The largest absolute Gasteiger partial charge is 0.293 e. The van der Waals surface area contributed by atoms with E-state index in [0.717, 1.165) is 22.9 Å². The first-order valence-electron chi connectivity index (χ1n) is 7.50. The average molecular weight is 354 g/mol. The number of nitro groups is 1. The lowest BCUT2D eigenvalue weighted by Crippen LogP contribution is -2.27. The van der Waals surface area contributed by atoms with Crippen molar-refractivity contribution in [1.82, 2.24) is 4.90 Å². The van der Waals surface area contributed by atoms with Gasteiger partial charge in [0.25, 0.3) is 16.8 Å². The molecule has 0 N–H and O–H groups in total. The molecule has 7 heteroatoms. The first-order chi connectivity index (χ1) is 12.0. The Kier molecular flexibility index (Phi) is 4.67. The van der Waals surface area contributed by atoms with Crippen LogP contribution < -0.4 is 0 Å². The lowest BCUT2D eigenvalue weighted by Gasteiger charge is -2.14.